The van der Waals surface area contributed by atoms with E-state index in [4.69, 9.17) is 10.4 Å². The van der Waals surface area contributed by atoms with Crippen LogP contribution in [0.5, 0.6) is 0 Å². The molecule has 1 aliphatic rings. The Kier molecular flexibility index (Phi) is 3.59. The van der Waals surface area contributed by atoms with Gasteiger partial charge < -0.3 is 5.11 Å². The van der Waals surface area contributed by atoms with E-state index in [1.807, 2.05) is 0 Å². The molecule has 2 atom stereocenters. The van der Waals surface area contributed by atoms with Gasteiger partial charge in [-0.05, 0) is 6.92 Å². The molecule has 0 spiro atoms. The average molecular weight is 250 g/mol. The minimum Gasteiger partial charge on any atom is -0.480 e. The van der Waals surface area contributed by atoms with Crippen molar-refractivity contribution in [2.24, 2.45) is 0 Å². The van der Waals surface area contributed by atoms with Gasteiger partial charge in [-0.2, -0.15) is 9.57 Å². The van der Waals surface area contributed by atoms with Crippen LogP contribution in [0.3, 0.4) is 0 Å². The Morgan fingerprint density at radius 2 is 2.33 bits per heavy atom. The van der Waals surface area contributed by atoms with E-state index in [1.165, 1.54) is 18.7 Å². The van der Waals surface area contributed by atoms with Gasteiger partial charge in [-0.15, -0.1) is 11.8 Å². The van der Waals surface area contributed by atoms with Gasteiger partial charge in [0.25, 0.3) is 0 Å². The van der Waals surface area contributed by atoms with E-state index in [-0.39, 0.29) is 11.6 Å². The van der Waals surface area contributed by atoms with E-state index in [1.54, 1.807) is 6.07 Å². The lowest BCUT2D eigenvalue weighted by Gasteiger charge is -2.20. The lowest BCUT2D eigenvalue weighted by atomic mass is 10.4. The molecular formula is C7H10N2O4S2. The number of carboxylic acids is 1. The van der Waals surface area contributed by atoms with Crippen LogP contribution in [0, 0.1) is 11.3 Å². The third-order valence-electron chi connectivity index (χ3n) is 2.08. The standard InChI is InChI=1S/C7H10N2O4S2/c1-5(2-8)15(12,13)9-4-14-3-6(9)7(10)11/h5-6H,3-4H2,1H3,(H,10,11)/t5?,6-/m0/s1. The van der Waals surface area contributed by atoms with Gasteiger partial charge >= 0.3 is 5.97 Å². The first-order chi connectivity index (χ1) is 6.91. The Morgan fingerprint density at radius 1 is 1.73 bits per heavy atom. The van der Waals surface area contributed by atoms with Gasteiger partial charge in [0.1, 0.15) is 6.04 Å². The fourth-order valence-electron chi connectivity index (χ4n) is 1.14. The summed E-state index contributed by atoms with van der Waals surface area (Å²) in [6.45, 7) is 1.25. The zero-order valence-corrected chi connectivity index (χ0v) is 9.58. The van der Waals surface area contributed by atoms with Crippen molar-refractivity contribution in [3.63, 3.8) is 0 Å². The van der Waals surface area contributed by atoms with E-state index in [0.717, 1.165) is 4.31 Å². The molecule has 1 unspecified atom stereocenters. The van der Waals surface area contributed by atoms with Crippen molar-refractivity contribution in [1.29, 1.82) is 5.26 Å². The van der Waals surface area contributed by atoms with Crippen molar-refractivity contribution >= 4 is 27.8 Å². The normalized spacial score (nSPS) is 24.7. The van der Waals surface area contributed by atoms with E-state index in [9.17, 15) is 13.2 Å². The van der Waals surface area contributed by atoms with Crippen LogP contribution in [0.2, 0.25) is 0 Å². The van der Waals surface area contributed by atoms with Crippen LogP contribution in [0.1, 0.15) is 6.92 Å². The Labute approximate surface area is 91.9 Å². The van der Waals surface area contributed by atoms with Crippen LogP contribution < -0.4 is 0 Å². The highest BCUT2D eigenvalue weighted by Gasteiger charge is 2.41. The predicted molar refractivity (Wildman–Crippen MR) is 54.6 cm³/mol. The number of hydrogen-bond donors (Lipinski definition) is 1. The SMILES string of the molecule is CC(C#N)S(=O)(=O)N1CSC[C@H]1C(=O)O. The van der Waals surface area contributed by atoms with E-state index in [0.29, 0.717) is 0 Å². The number of thioether (sulfide) groups is 1. The average Bonchev–Trinajstić information content (AvgIpc) is 2.65. The Hall–Kier alpha value is -0.780. The summed E-state index contributed by atoms with van der Waals surface area (Å²) in [6, 6.07) is 0.564. The van der Waals surface area contributed by atoms with Crippen LogP contribution in [-0.2, 0) is 14.8 Å². The summed E-state index contributed by atoms with van der Waals surface area (Å²) >= 11 is 1.23. The fourth-order valence-corrected chi connectivity index (χ4v) is 4.12. The largest absolute Gasteiger partial charge is 0.480 e. The smallest absolute Gasteiger partial charge is 0.322 e. The van der Waals surface area contributed by atoms with E-state index >= 15 is 0 Å². The van der Waals surface area contributed by atoms with Crippen LogP contribution in [0.4, 0.5) is 0 Å². The van der Waals surface area contributed by atoms with Gasteiger partial charge in [0.2, 0.25) is 10.0 Å². The first-order valence-corrected chi connectivity index (χ1v) is 6.78. The van der Waals surface area contributed by atoms with Gasteiger partial charge in [-0.25, -0.2) is 8.42 Å². The summed E-state index contributed by atoms with van der Waals surface area (Å²) in [5.41, 5.74) is 0. The summed E-state index contributed by atoms with van der Waals surface area (Å²) in [5.74, 6) is -0.841. The summed E-state index contributed by atoms with van der Waals surface area (Å²) in [4.78, 5) is 10.8. The number of carboxylic acid groups (broad SMARTS) is 1. The van der Waals surface area contributed by atoms with Crippen LogP contribution in [-0.4, -0.2) is 46.7 Å². The fraction of sp³-hybridized carbons (Fsp3) is 0.714. The summed E-state index contributed by atoms with van der Waals surface area (Å²) in [7, 11) is -3.81. The number of carbonyl (C=O) groups is 1. The van der Waals surface area contributed by atoms with Crippen molar-refractivity contribution in [2.75, 3.05) is 11.6 Å². The minimum atomic E-state index is -3.81. The lowest BCUT2D eigenvalue weighted by Crippen LogP contribution is -2.44. The molecule has 1 heterocycles. The van der Waals surface area contributed by atoms with Crippen LogP contribution in [0.25, 0.3) is 0 Å². The predicted octanol–water partition coefficient (Wildman–Crippen LogP) is -0.312. The van der Waals surface area contributed by atoms with Gasteiger partial charge in [-0.1, -0.05) is 0 Å². The summed E-state index contributed by atoms with van der Waals surface area (Å²) in [5, 5.41) is 16.1. The summed E-state index contributed by atoms with van der Waals surface area (Å²) in [6.07, 6.45) is 0. The molecule has 1 saturated heterocycles. The first kappa shape index (κ1) is 12.3. The molecular weight excluding hydrogens is 240 g/mol. The van der Waals surface area contributed by atoms with E-state index < -0.39 is 27.3 Å². The molecule has 8 heteroatoms. The molecule has 6 nitrogen and oxygen atoms in total. The molecule has 0 aromatic heterocycles. The topological polar surface area (TPSA) is 98.5 Å². The Morgan fingerprint density at radius 3 is 2.80 bits per heavy atom. The maximum Gasteiger partial charge on any atom is 0.322 e. The van der Waals surface area contributed by atoms with Crippen LogP contribution in [0.15, 0.2) is 0 Å². The van der Waals surface area contributed by atoms with Gasteiger partial charge in [-0.3, -0.25) is 4.79 Å². The van der Waals surface area contributed by atoms with Crippen molar-refractivity contribution in [3.05, 3.63) is 0 Å². The third kappa shape index (κ3) is 2.25. The first-order valence-electron chi connectivity index (χ1n) is 4.12. The number of rotatable bonds is 3. The second kappa shape index (κ2) is 4.38. The molecule has 0 aromatic rings. The van der Waals surface area contributed by atoms with Crippen molar-refractivity contribution in [1.82, 2.24) is 4.31 Å². The highest BCUT2D eigenvalue weighted by atomic mass is 32.2. The lowest BCUT2D eigenvalue weighted by molar-refractivity contribution is -0.140. The minimum absolute atomic E-state index is 0.103. The Balaban J connectivity index is 2.98. The molecule has 1 N–H and O–H groups in total. The molecule has 0 bridgehead atoms. The molecule has 0 aliphatic carbocycles. The molecule has 0 saturated carbocycles. The number of sulfonamides is 1. The quantitative estimate of drug-likeness (QED) is 0.737. The molecule has 1 rings (SSSR count). The highest BCUT2D eigenvalue weighted by molar-refractivity contribution is 8.00. The van der Waals surface area contributed by atoms with Gasteiger partial charge in [0, 0.05) is 5.75 Å². The monoisotopic (exact) mass is 250 g/mol. The Bertz CT molecular complexity index is 400. The van der Waals surface area contributed by atoms with Crippen molar-refractivity contribution in [3.8, 4) is 6.07 Å². The second-order valence-electron chi connectivity index (χ2n) is 3.06. The van der Waals surface area contributed by atoms with Gasteiger partial charge in [0.15, 0.2) is 5.25 Å². The molecule has 0 aromatic carbocycles. The van der Waals surface area contributed by atoms with Gasteiger partial charge in [0.05, 0.1) is 11.9 Å². The zero-order chi connectivity index (χ0) is 11.6. The highest BCUT2D eigenvalue weighted by Crippen LogP contribution is 2.26. The van der Waals surface area contributed by atoms with Crippen molar-refractivity contribution in [2.45, 2.75) is 18.2 Å². The second-order valence-corrected chi connectivity index (χ2v) is 6.26. The molecule has 1 fully saturated rings. The zero-order valence-electron chi connectivity index (χ0n) is 7.95. The van der Waals surface area contributed by atoms with E-state index in [2.05, 4.69) is 0 Å². The number of hydrogen-bond acceptors (Lipinski definition) is 5. The number of nitrogens with zero attached hydrogens (tertiary/aromatic N) is 2. The van der Waals surface area contributed by atoms with Crippen molar-refractivity contribution < 1.29 is 18.3 Å². The molecule has 1 aliphatic heterocycles. The third-order valence-corrected chi connectivity index (χ3v) is 5.29. The molecule has 0 radical (unpaired) electrons. The molecule has 0 amide bonds. The molecule has 84 valence electrons. The molecule has 15 heavy (non-hydrogen) atoms. The number of aliphatic carboxylic acids is 1. The van der Waals surface area contributed by atoms with Crippen LogP contribution >= 0.6 is 11.8 Å². The maximum atomic E-state index is 11.7. The maximum absolute atomic E-state index is 11.7. The summed E-state index contributed by atoms with van der Waals surface area (Å²) < 4.78 is 24.3. The number of nitriles is 1.